The molecule has 1 aromatic rings. The number of aliphatic carboxylic acids is 1. The maximum absolute atomic E-state index is 11.2. The molecule has 26 heavy (non-hydrogen) atoms. The molecule has 0 aliphatic heterocycles. The Morgan fingerprint density at radius 2 is 1.46 bits per heavy atom. The van der Waals surface area contributed by atoms with E-state index in [1.54, 1.807) is 12.1 Å². The second-order valence-corrected chi connectivity index (χ2v) is 9.17. The monoisotopic (exact) mass is 362 g/mol. The van der Waals surface area contributed by atoms with Gasteiger partial charge in [-0.15, -0.1) is 0 Å². The maximum Gasteiger partial charge on any atom is 0.309 e. The van der Waals surface area contributed by atoms with Crippen LogP contribution in [0, 0.1) is 10.8 Å². The summed E-state index contributed by atoms with van der Waals surface area (Å²) in [6, 6.07) is 3.37. The van der Waals surface area contributed by atoms with Gasteiger partial charge in [-0.05, 0) is 80.0 Å². The molecular weight excluding hydrogens is 328 g/mol. The summed E-state index contributed by atoms with van der Waals surface area (Å²) in [5.41, 5.74) is 2.07. The third-order valence-electron chi connectivity index (χ3n) is 5.58. The zero-order chi connectivity index (χ0) is 19.4. The summed E-state index contributed by atoms with van der Waals surface area (Å²) in [6.07, 6.45) is 9.25. The highest BCUT2D eigenvalue weighted by molar-refractivity contribution is 5.77. The predicted octanol–water partition coefficient (Wildman–Crippen LogP) is 5.43. The zero-order valence-electron chi connectivity index (χ0n) is 16.5. The molecular formula is C22H34O4. The first kappa shape index (κ1) is 20.6. The average Bonchev–Trinajstić information content (AvgIpc) is 3.32. The molecule has 4 nitrogen and oxygen atoms in total. The van der Waals surface area contributed by atoms with Crippen LogP contribution in [0.4, 0.5) is 0 Å². The van der Waals surface area contributed by atoms with Gasteiger partial charge in [-0.25, -0.2) is 0 Å². The molecule has 0 spiro atoms. The Kier molecular flexibility index (Phi) is 6.59. The van der Waals surface area contributed by atoms with Gasteiger partial charge in [-0.1, -0.05) is 33.6 Å². The second kappa shape index (κ2) is 8.32. The predicted molar refractivity (Wildman–Crippen MR) is 104 cm³/mol. The van der Waals surface area contributed by atoms with Crippen LogP contribution in [0.1, 0.15) is 83.3 Å². The van der Waals surface area contributed by atoms with E-state index < -0.39 is 11.4 Å². The van der Waals surface area contributed by atoms with Crippen molar-refractivity contribution in [3.05, 3.63) is 23.3 Å². The van der Waals surface area contributed by atoms with Gasteiger partial charge in [0.2, 0.25) is 0 Å². The molecule has 3 N–H and O–H groups in total. The van der Waals surface area contributed by atoms with E-state index >= 15 is 0 Å². The minimum Gasteiger partial charge on any atom is -0.504 e. The van der Waals surface area contributed by atoms with Gasteiger partial charge in [0.1, 0.15) is 0 Å². The van der Waals surface area contributed by atoms with E-state index in [0.717, 1.165) is 68.9 Å². The molecule has 146 valence electrons. The molecule has 1 aliphatic rings. The summed E-state index contributed by atoms with van der Waals surface area (Å²) in [4.78, 5) is 11.2. The Balaban J connectivity index is 1.87. The van der Waals surface area contributed by atoms with Crippen molar-refractivity contribution >= 4 is 5.97 Å². The number of rotatable bonds is 10. The lowest BCUT2D eigenvalue weighted by Gasteiger charge is -2.18. The average molecular weight is 363 g/mol. The van der Waals surface area contributed by atoms with Crippen LogP contribution in [-0.2, 0) is 17.6 Å². The highest BCUT2D eigenvalue weighted by atomic mass is 16.4. The first-order chi connectivity index (χ1) is 12.1. The van der Waals surface area contributed by atoms with Crippen molar-refractivity contribution in [1.82, 2.24) is 0 Å². The van der Waals surface area contributed by atoms with E-state index in [1.165, 1.54) is 6.42 Å². The van der Waals surface area contributed by atoms with Crippen LogP contribution in [0.25, 0.3) is 0 Å². The Morgan fingerprint density at radius 3 is 1.88 bits per heavy atom. The number of hydrogen-bond acceptors (Lipinski definition) is 3. The summed E-state index contributed by atoms with van der Waals surface area (Å²) in [5, 5.41) is 28.9. The molecule has 2 rings (SSSR count). The minimum atomic E-state index is -0.653. The number of carbonyl (C=O) groups is 1. The molecule has 1 saturated carbocycles. The normalized spacial score (nSPS) is 15.8. The fourth-order valence-corrected chi connectivity index (χ4v) is 3.60. The van der Waals surface area contributed by atoms with Gasteiger partial charge in [-0.2, -0.15) is 0 Å². The lowest BCUT2D eigenvalue weighted by atomic mass is 9.88. The number of phenolic OH excluding ortho intramolecular Hbond substituents is 2. The lowest BCUT2D eigenvalue weighted by Crippen LogP contribution is -2.14. The third-order valence-corrected chi connectivity index (χ3v) is 5.58. The Hall–Kier alpha value is -1.71. The van der Waals surface area contributed by atoms with E-state index in [2.05, 4.69) is 20.8 Å². The van der Waals surface area contributed by atoms with E-state index in [-0.39, 0.29) is 11.5 Å². The minimum absolute atomic E-state index is 0.0534. The summed E-state index contributed by atoms with van der Waals surface area (Å²) >= 11 is 0. The molecule has 0 atom stereocenters. The Labute approximate surface area is 157 Å². The van der Waals surface area contributed by atoms with E-state index in [1.807, 2.05) is 0 Å². The Morgan fingerprint density at radius 1 is 0.962 bits per heavy atom. The third kappa shape index (κ3) is 5.93. The van der Waals surface area contributed by atoms with Crippen molar-refractivity contribution in [2.24, 2.45) is 10.8 Å². The summed E-state index contributed by atoms with van der Waals surface area (Å²) < 4.78 is 0. The van der Waals surface area contributed by atoms with Gasteiger partial charge in [0, 0.05) is 0 Å². The number of hydrogen-bond donors (Lipinski definition) is 3. The number of aromatic hydroxyl groups is 2. The molecule has 1 fully saturated rings. The molecule has 4 heteroatoms. The molecule has 0 unspecified atom stereocenters. The van der Waals surface area contributed by atoms with Crippen LogP contribution >= 0.6 is 0 Å². The zero-order valence-corrected chi connectivity index (χ0v) is 16.5. The molecule has 1 aromatic carbocycles. The molecule has 0 heterocycles. The molecule has 0 aromatic heterocycles. The molecule has 0 saturated heterocycles. The first-order valence-electron chi connectivity index (χ1n) is 9.90. The number of carboxylic acid groups (broad SMARTS) is 1. The van der Waals surface area contributed by atoms with Gasteiger partial charge < -0.3 is 15.3 Å². The van der Waals surface area contributed by atoms with Crippen molar-refractivity contribution < 1.29 is 20.1 Å². The fraction of sp³-hybridized carbons (Fsp3) is 0.682. The summed E-state index contributed by atoms with van der Waals surface area (Å²) in [7, 11) is 0. The van der Waals surface area contributed by atoms with Crippen molar-refractivity contribution in [3.63, 3.8) is 0 Å². The van der Waals surface area contributed by atoms with Gasteiger partial charge >= 0.3 is 5.97 Å². The van der Waals surface area contributed by atoms with Gasteiger partial charge in [-0.3, -0.25) is 4.79 Å². The summed E-state index contributed by atoms with van der Waals surface area (Å²) in [5.74, 6) is -0.774. The quantitative estimate of drug-likeness (QED) is 0.383. The SMILES string of the molecule is CC(C)(C)CCCCc1cc(O)c(O)cc1CCCCC1(C(=O)O)CC1. The highest BCUT2D eigenvalue weighted by Crippen LogP contribution is 2.50. The lowest BCUT2D eigenvalue weighted by molar-refractivity contribution is -0.143. The molecule has 0 radical (unpaired) electrons. The van der Waals surface area contributed by atoms with Crippen LogP contribution in [-0.4, -0.2) is 21.3 Å². The van der Waals surface area contributed by atoms with Crippen LogP contribution in [0.2, 0.25) is 0 Å². The van der Waals surface area contributed by atoms with Gasteiger partial charge in [0.05, 0.1) is 5.41 Å². The fourth-order valence-electron chi connectivity index (χ4n) is 3.60. The van der Waals surface area contributed by atoms with Gasteiger partial charge in [0.15, 0.2) is 11.5 Å². The Bertz CT molecular complexity index is 624. The van der Waals surface area contributed by atoms with Crippen molar-refractivity contribution in [1.29, 1.82) is 0 Å². The topological polar surface area (TPSA) is 77.8 Å². The smallest absolute Gasteiger partial charge is 0.309 e. The summed E-state index contributed by atoms with van der Waals surface area (Å²) in [6.45, 7) is 6.73. The van der Waals surface area contributed by atoms with E-state index in [0.29, 0.717) is 5.41 Å². The standard InChI is InChI=1S/C22H34O4/c1-21(2,3)10-6-4-8-16-14-18(23)19(24)15-17(16)9-5-7-11-22(12-13-22)20(25)26/h14-15,23-24H,4-13H2,1-3H3,(H,25,26). The number of benzene rings is 1. The van der Waals surface area contributed by atoms with Crippen LogP contribution < -0.4 is 0 Å². The number of carboxylic acids is 1. The number of aryl methyl sites for hydroxylation is 2. The van der Waals surface area contributed by atoms with Crippen molar-refractivity contribution in [2.75, 3.05) is 0 Å². The van der Waals surface area contributed by atoms with E-state index in [4.69, 9.17) is 0 Å². The van der Waals surface area contributed by atoms with Crippen molar-refractivity contribution in [2.45, 2.75) is 85.0 Å². The second-order valence-electron chi connectivity index (χ2n) is 9.17. The van der Waals surface area contributed by atoms with Crippen LogP contribution in [0.5, 0.6) is 11.5 Å². The molecule has 0 bridgehead atoms. The van der Waals surface area contributed by atoms with E-state index in [9.17, 15) is 20.1 Å². The molecule has 1 aliphatic carbocycles. The largest absolute Gasteiger partial charge is 0.504 e. The maximum atomic E-state index is 11.2. The van der Waals surface area contributed by atoms with Crippen molar-refractivity contribution in [3.8, 4) is 11.5 Å². The van der Waals surface area contributed by atoms with Gasteiger partial charge in [0.25, 0.3) is 0 Å². The molecule has 0 amide bonds. The van der Waals surface area contributed by atoms with Crippen LogP contribution in [0.3, 0.4) is 0 Å². The number of unbranched alkanes of at least 4 members (excludes halogenated alkanes) is 2. The first-order valence-corrected chi connectivity index (χ1v) is 9.90. The highest BCUT2D eigenvalue weighted by Gasteiger charge is 2.49. The number of phenols is 2. The van der Waals surface area contributed by atoms with Crippen LogP contribution in [0.15, 0.2) is 12.1 Å².